The number of ether oxygens (including phenoxy) is 1. The predicted octanol–water partition coefficient (Wildman–Crippen LogP) is 3.02. The molecule has 0 saturated carbocycles. The number of benzene rings is 1. The summed E-state index contributed by atoms with van der Waals surface area (Å²) in [5, 5.41) is 0. The van der Waals surface area contributed by atoms with E-state index in [2.05, 4.69) is 4.74 Å². The third kappa shape index (κ3) is 4.13. The fraction of sp³-hybridized carbons (Fsp3) is 0.409. The Labute approximate surface area is 181 Å². The van der Waals surface area contributed by atoms with Crippen molar-refractivity contribution in [1.29, 1.82) is 0 Å². The van der Waals surface area contributed by atoms with Gasteiger partial charge in [-0.15, -0.1) is 0 Å². The Balaban J connectivity index is 1.38. The summed E-state index contributed by atoms with van der Waals surface area (Å²) < 4.78 is 58.2. The molecule has 0 atom stereocenters. The van der Waals surface area contributed by atoms with Gasteiger partial charge in [-0.3, -0.25) is 14.4 Å². The molecule has 3 aliphatic rings. The van der Waals surface area contributed by atoms with E-state index in [1.54, 1.807) is 6.92 Å². The van der Waals surface area contributed by atoms with Gasteiger partial charge in [0.15, 0.2) is 11.6 Å². The topological polar surface area (TPSA) is 66.5 Å². The van der Waals surface area contributed by atoms with E-state index in [4.69, 9.17) is 0 Å². The molecule has 1 aromatic rings. The van der Waals surface area contributed by atoms with Gasteiger partial charge in [-0.25, -0.2) is 8.78 Å². The minimum atomic E-state index is -1.79. The molecule has 6 nitrogen and oxygen atoms in total. The zero-order valence-electron chi connectivity index (χ0n) is 17.3. The van der Waals surface area contributed by atoms with Crippen LogP contribution in [0.25, 0.3) is 0 Å². The van der Waals surface area contributed by atoms with Crippen molar-refractivity contribution in [2.24, 2.45) is 0 Å². The van der Waals surface area contributed by atoms with Crippen LogP contribution in [0.15, 0.2) is 28.6 Å². The molecule has 0 spiro atoms. The Hall–Kier alpha value is -3.17. The average Bonchev–Trinajstić information content (AvgIpc) is 3.65. The molecule has 0 aromatic heterocycles. The summed E-state index contributed by atoms with van der Waals surface area (Å²) in [5.74, 6) is -9.78. The highest BCUT2D eigenvalue weighted by molar-refractivity contribution is 6.24. The molecular formula is C22H20F4N2O4. The summed E-state index contributed by atoms with van der Waals surface area (Å²) in [6.45, 7) is 4.47. The molecule has 4 rings (SSSR count). The molecule has 2 saturated heterocycles. The summed E-state index contributed by atoms with van der Waals surface area (Å²) in [6.07, 6.45) is 0.459. The molecule has 2 aliphatic heterocycles. The van der Waals surface area contributed by atoms with E-state index < -0.39 is 35.0 Å². The van der Waals surface area contributed by atoms with Gasteiger partial charge in [0.1, 0.15) is 0 Å². The Morgan fingerprint density at radius 3 is 2.03 bits per heavy atom. The SMILES string of the molecule is CC1=C(N2CC2)C(=O)C(CCCCC(=O)Oc2c(F)c(F)cc(F)c2F)=C(N2CC2)C1=O. The van der Waals surface area contributed by atoms with Crippen molar-refractivity contribution in [3.05, 3.63) is 51.9 Å². The minimum Gasteiger partial charge on any atom is -0.420 e. The lowest BCUT2D eigenvalue weighted by atomic mass is 9.88. The minimum absolute atomic E-state index is 0.0221. The first-order valence-corrected chi connectivity index (χ1v) is 10.3. The zero-order valence-corrected chi connectivity index (χ0v) is 17.3. The number of ketones is 2. The van der Waals surface area contributed by atoms with E-state index in [9.17, 15) is 31.9 Å². The number of nitrogens with zero attached hydrogens (tertiary/aromatic N) is 2. The fourth-order valence-electron chi connectivity index (χ4n) is 3.71. The quantitative estimate of drug-likeness (QED) is 0.115. The number of hydrogen-bond acceptors (Lipinski definition) is 6. The maximum Gasteiger partial charge on any atom is 0.311 e. The Kier molecular flexibility index (Phi) is 5.79. The lowest BCUT2D eigenvalue weighted by Gasteiger charge is -2.24. The number of carbonyl (C=O) groups is 3. The van der Waals surface area contributed by atoms with Crippen LogP contribution in [-0.2, 0) is 14.4 Å². The van der Waals surface area contributed by atoms with Crippen LogP contribution in [0.1, 0.15) is 32.6 Å². The molecular weight excluding hydrogens is 432 g/mol. The van der Waals surface area contributed by atoms with Crippen LogP contribution >= 0.6 is 0 Å². The standard InChI is InChI=1S/C22H20F4N2O4/c1-11-18(27-6-7-27)21(31)12(19(20(11)30)28-8-9-28)4-2-3-5-15(29)32-22-16(25)13(23)10-14(24)17(22)26/h10H,2-9H2,1H3. The lowest BCUT2D eigenvalue weighted by Crippen LogP contribution is -2.29. The molecule has 2 fully saturated rings. The second kappa shape index (κ2) is 8.40. The molecule has 0 N–H and O–H groups in total. The molecule has 170 valence electrons. The van der Waals surface area contributed by atoms with Gasteiger partial charge < -0.3 is 14.5 Å². The summed E-state index contributed by atoms with van der Waals surface area (Å²) in [4.78, 5) is 41.5. The Morgan fingerprint density at radius 2 is 1.47 bits per heavy atom. The highest BCUT2D eigenvalue weighted by Gasteiger charge is 2.41. The molecule has 1 aliphatic carbocycles. The third-order valence-corrected chi connectivity index (χ3v) is 5.56. The van der Waals surface area contributed by atoms with Gasteiger partial charge in [-0.1, -0.05) is 0 Å². The summed E-state index contributed by atoms with van der Waals surface area (Å²) in [7, 11) is 0. The van der Waals surface area contributed by atoms with Crippen LogP contribution in [0.5, 0.6) is 5.75 Å². The highest BCUT2D eigenvalue weighted by Crippen LogP contribution is 2.35. The first-order chi connectivity index (χ1) is 15.2. The molecule has 10 heteroatoms. The van der Waals surface area contributed by atoms with E-state index >= 15 is 0 Å². The number of esters is 1. The van der Waals surface area contributed by atoms with Gasteiger partial charge in [-0.05, 0) is 26.2 Å². The van der Waals surface area contributed by atoms with Crippen molar-refractivity contribution < 1.29 is 36.7 Å². The van der Waals surface area contributed by atoms with Gasteiger partial charge in [0.05, 0.1) is 11.4 Å². The number of hydrogen-bond donors (Lipinski definition) is 0. The maximum absolute atomic E-state index is 13.6. The molecule has 0 unspecified atom stereocenters. The Bertz CT molecular complexity index is 1060. The smallest absolute Gasteiger partial charge is 0.311 e. The van der Waals surface area contributed by atoms with Gasteiger partial charge in [0, 0.05) is 49.8 Å². The van der Waals surface area contributed by atoms with E-state index in [-0.39, 0.29) is 36.9 Å². The largest absolute Gasteiger partial charge is 0.420 e. The van der Waals surface area contributed by atoms with Gasteiger partial charge in [0.2, 0.25) is 29.0 Å². The van der Waals surface area contributed by atoms with Crippen molar-refractivity contribution in [2.45, 2.75) is 32.6 Å². The van der Waals surface area contributed by atoms with Crippen molar-refractivity contribution >= 4 is 17.5 Å². The van der Waals surface area contributed by atoms with Crippen LogP contribution in [0.3, 0.4) is 0 Å². The summed E-state index contributed by atoms with van der Waals surface area (Å²) in [5.41, 5.74) is 1.67. The van der Waals surface area contributed by atoms with Crippen molar-refractivity contribution in [3.63, 3.8) is 0 Å². The van der Waals surface area contributed by atoms with Gasteiger partial charge in [0.25, 0.3) is 0 Å². The molecule has 0 amide bonds. The van der Waals surface area contributed by atoms with Crippen LogP contribution in [0.2, 0.25) is 0 Å². The molecule has 0 radical (unpaired) electrons. The Morgan fingerprint density at radius 1 is 0.906 bits per heavy atom. The van der Waals surface area contributed by atoms with Crippen LogP contribution in [0, 0.1) is 23.3 Å². The molecule has 1 aromatic carbocycles. The highest BCUT2D eigenvalue weighted by atomic mass is 19.2. The number of halogens is 4. The van der Waals surface area contributed by atoms with Crippen molar-refractivity contribution in [1.82, 2.24) is 9.80 Å². The number of unbranched alkanes of at least 4 members (excludes halogenated alkanes) is 1. The third-order valence-electron chi connectivity index (χ3n) is 5.56. The van der Waals surface area contributed by atoms with Crippen LogP contribution in [-0.4, -0.2) is 53.5 Å². The number of Topliss-reactive ketones (excluding diaryl/α,β-unsaturated/α-hetero) is 2. The molecule has 2 heterocycles. The summed E-state index contributed by atoms with van der Waals surface area (Å²) >= 11 is 0. The van der Waals surface area contributed by atoms with Crippen LogP contribution < -0.4 is 4.74 Å². The maximum atomic E-state index is 13.6. The van der Waals surface area contributed by atoms with E-state index in [0.717, 1.165) is 13.1 Å². The summed E-state index contributed by atoms with van der Waals surface area (Å²) in [6, 6.07) is 0.0221. The van der Waals surface area contributed by atoms with Crippen LogP contribution in [0.4, 0.5) is 17.6 Å². The number of allylic oxidation sites excluding steroid dienone is 2. The van der Waals surface area contributed by atoms with E-state index in [1.807, 2.05) is 9.80 Å². The average molecular weight is 452 g/mol. The first kappa shape index (κ1) is 22.0. The number of rotatable bonds is 8. The fourth-order valence-corrected chi connectivity index (χ4v) is 3.71. The van der Waals surface area contributed by atoms with E-state index in [0.29, 0.717) is 42.1 Å². The molecule has 0 bridgehead atoms. The zero-order chi connectivity index (χ0) is 23.2. The molecule has 32 heavy (non-hydrogen) atoms. The lowest BCUT2D eigenvalue weighted by molar-refractivity contribution is -0.135. The first-order valence-electron chi connectivity index (χ1n) is 10.3. The van der Waals surface area contributed by atoms with Gasteiger partial charge in [-0.2, -0.15) is 8.78 Å². The van der Waals surface area contributed by atoms with Gasteiger partial charge >= 0.3 is 5.97 Å². The predicted molar refractivity (Wildman–Crippen MR) is 103 cm³/mol. The normalized spacial score (nSPS) is 18.0. The number of carbonyl (C=O) groups excluding carboxylic acids is 3. The van der Waals surface area contributed by atoms with Crippen molar-refractivity contribution in [2.75, 3.05) is 26.2 Å². The monoisotopic (exact) mass is 452 g/mol. The van der Waals surface area contributed by atoms with Crippen molar-refractivity contribution in [3.8, 4) is 5.75 Å². The van der Waals surface area contributed by atoms with E-state index in [1.165, 1.54) is 0 Å². The second-order valence-corrected chi connectivity index (χ2v) is 7.91. The second-order valence-electron chi connectivity index (χ2n) is 7.91.